The molecule has 0 nitrogen and oxygen atoms in total. The van der Waals surface area contributed by atoms with Crippen LogP contribution in [0, 0.1) is 6.07 Å². The molecular formula is C38H27ClP2Pd. The summed E-state index contributed by atoms with van der Waals surface area (Å²) in [5, 5.41) is 13.0. The summed E-state index contributed by atoms with van der Waals surface area (Å²) in [5.74, 6) is 0. The average molecular weight is 687 g/mol. The fourth-order valence-corrected chi connectivity index (χ4v) is 10.3. The quantitative estimate of drug-likeness (QED) is 0.0720. The van der Waals surface area contributed by atoms with E-state index in [-0.39, 0.29) is 0 Å². The van der Waals surface area contributed by atoms with Gasteiger partial charge in [0.05, 0.1) is 0 Å². The number of fused-ring (bicyclic) bond motifs is 2. The van der Waals surface area contributed by atoms with Crippen molar-refractivity contribution in [1.82, 2.24) is 0 Å². The first-order chi connectivity index (χ1) is 20.9. The van der Waals surface area contributed by atoms with E-state index in [9.17, 15) is 0 Å². The van der Waals surface area contributed by atoms with Gasteiger partial charge < -0.3 is 0 Å². The predicted molar refractivity (Wildman–Crippen MR) is 184 cm³/mol. The summed E-state index contributed by atoms with van der Waals surface area (Å²) in [7, 11) is 3.01. The normalized spacial score (nSPS) is 11.1. The van der Waals surface area contributed by atoms with Crippen LogP contribution in [-0.2, 0) is 18.2 Å². The van der Waals surface area contributed by atoms with Gasteiger partial charge in [0, 0.05) is 0 Å². The van der Waals surface area contributed by atoms with Gasteiger partial charge in [-0.15, -0.1) is 22.9 Å². The second-order valence-corrected chi connectivity index (χ2v) is 14.1. The van der Waals surface area contributed by atoms with Crippen LogP contribution >= 0.6 is 25.4 Å². The first-order valence-corrected chi connectivity index (χ1v) is 18.4. The van der Waals surface area contributed by atoms with Gasteiger partial charge in [0.2, 0.25) is 0 Å². The van der Waals surface area contributed by atoms with Crippen molar-refractivity contribution in [3.63, 3.8) is 0 Å². The summed E-state index contributed by atoms with van der Waals surface area (Å²) in [4.78, 5) is 0. The maximum absolute atomic E-state index is 4.49. The van der Waals surface area contributed by atoms with Gasteiger partial charge in [-0.1, -0.05) is 179 Å². The van der Waals surface area contributed by atoms with Crippen molar-refractivity contribution in [3.05, 3.63) is 170 Å². The van der Waals surface area contributed by atoms with Crippen molar-refractivity contribution in [2.45, 2.75) is 0 Å². The van der Waals surface area contributed by atoms with Crippen LogP contribution in [0.4, 0.5) is 0 Å². The molecule has 42 heavy (non-hydrogen) atoms. The molecule has 0 bridgehead atoms. The first kappa shape index (κ1) is 29.0. The average Bonchev–Trinajstić information content (AvgIpc) is 3.07. The zero-order valence-electron chi connectivity index (χ0n) is 22.7. The Bertz CT molecular complexity index is 1680. The predicted octanol–water partition coefficient (Wildman–Crippen LogP) is 8.00. The van der Waals surface area contributed by atoms with Crippen LogP contribution in [0.3, 0.4) is 0 Å². The van der Waals surface area contributed by atoms with E-state index < -0.39 is 15.8 Å². The molecule has 0 aromatic heterocycles. The Morgan fingerprint density at radius 2 is 0.690 bits per heavy atom. The molecule has 0 heterocycles. The molecule has 0 unspecified atom stereocenters. The minimum Gasteiger partial charge on any atom is -0.115 e. The van der Waals surface area contributed by atoms with Gasteiger partial charge in [-0.3, -0.25) is 0 Å². The van der Waals surface area contributed by atoms with Crippen LogP contribution < -0.4 is 31.8 Å². The molecule has 4 heteroatoms. The SMILES string of the molecule is [Cl][Pd+].[c-]1c2c(P(c3ccccc3)c3ccccc3)cccc2cc2cccc(P(c3ccccc3)c3ccccc3)c12. The summed E-state index contributed by atoms with van der Waals surface area (Å²) in [5.41, 5.74) is 0. The number of hydrogen-bond acceptors (Lipinski definition) is 0. The maximum Gasteiger partial charge on any atom is -0.0222 e. The molecule has 0 radical (unpaired) electrons. The topological polar surface area (TPSA) is 0 Å². The molecular weight excluding hydrogens is 660 g/mol. The van der Waals surface area contributed by atoms with Crippen molar-refractivity contribution in [3.8, 4) is 0 Å². The van der Waals surface area contributed by atoms with Gasteiger partial charge in [0.25, 0.3) is 0 Å². The molecule has 0 aliphatic heterocycles. The number of halogens is 1. The van der Waals surface area contributed by atoms with Crippen molar-refractivity contribution < 1.29 is 18.2 Å². The molecule has 206 valence electrons. The van der Waals surface area contributed by atoms with Crippen LogP contribution in [0.5, 0.6) is 0 Å². The third-order valence-electron chi connectivity index (χ3n) is 7.25. The number of rotatable bonds is 6. The second-order valence-electron chi connectivity index (χ2n) is 9.77. The van der Waals surface area contributed by atoms with E-state index >= 15 is 0 Å². The van der Waals surface area contributed by atoms with Crippen LogP contribution in [0.2, 0.25) is 0 Å². The van der Waals surface area contributed by atoms with Crippen molar-refractivity contribution in [2.75, 3.05) is 0 Å². The van der Waals surface area contributed by atoms with Gasteiger partial charge >= 0.3 is 27.7 Å². The van der Waals surface area contributed by atoms with E-state index in [0.717, 1.165) is 0 Å². The molecule has 0 saturated carbocycles. The Kier molecular flexibility index (Phi) is 9.58. The van der Waals surface area contributed by atoms with Gasteiger partial charge in [-0.2, -0.15) is 0 Å². The molecule has 0 aliphatic rings. The standard InChI is InChI=1S/C38H27P2.ClH.Pd/c1-5-17-31(18-6-1)39(32-19-7-2-8-20-32)37-25-13-15-29-27-30-16-14-26-38(36(30)28-35(29)37)40(33-21-9-3-10-22-33)34-23-11-4-12-24-34;;/h1-27H;1H;/q-1;;+2/p-1. The van der Waals surface area contributed by atoms with Crippen LogP contribution in [0.1, 0.15) is 0 Å². The van der Waals surface area contributed by atoms with Gasteiger partial charge in [0.1, 0.15) is 0 Å². The van der Waals surface area contributed by atoms with Crippen molar-refractivity contribution >= 4 is 78.7 Å². The van der Waals surface area contributed by atoms with Gasteiger partial charge in [-0.25, -0.2) is 0 Å². The summed E-state index contributed by atoms with van der Waals surface area (Å²) < 4.78 is 0. The number of hydrogen-bond donors (Lipinski definition) is 0. The largest absolute Gasteiger partial charge is 0.115 e. The fraction of sp³-hybridized carbons (Fsp3) is 0. The van der Waals surface area contributed by atoms with E-state index in [2.05, 4.69) is 198 Å². The summed E-state index contributed by atoms with van der Waals surface area (Å²) >= 11 is 2.22. The van der Waals surface area contributed by atoms with Crippen molar-refractivity contribution in [2.24, 2.45) is 0 Å². The van der Waals surface area contributed by atoms with E-state index in [1.165, 1.54) is 53.4 Å². The van der Waals surface area contributed by atoms with Gasteiger partial charge in [0.15, 0.2) is 0 Å². The Morgan fingerprint density at radius 1 is 0.381 bits per heavy atom. The molecule has 0 fully saturated rings. The molecule has 7 aromatic rings. The second kappa shape index (κ2) is 13.9. The van der Waals surface area contributed by atoms with E-state index in [0.29, 0.717) is 0 Å². The Hall–Kier alpha value is -3.13. The minimum atomic E-state index is -0.740. The smallest absolute Gasteiger partial charge is 0.0222 e. The Morgan fingerprint density at radius 3 is 1.00 bits per heavy atom. The van der Waals surface area contributed by atoms with Crippen LogP contribution in [0.15, 0.2) is 164 Å². The van der Waals surface area contributed by atoms with Crippen LogP contribution in [0.25, 0.3) is 21.5 Å². The van der Waals surface area contributed by atoms with Crippen molar-refractivity contribution in [1.29, 1.82) is 0 Å². The molecule has 0 saturated heterocycles. The van der Waals surface area contributed by atoms with Gasteiger partial charge in [-0.05, 0) is 37.1 Å². The molecule has 0 aliphatic carbocycles. The number of benzene rings is 7. The third kappa shape index (κ3) is 6.01. The molecule has 0 spiro atoms. The van der Waals surface area contributed by atoms with E-state index in [4.69, 9.17) is 0 Å². The fourth-order valence-electron chi connectivity index (χ4n) is 5.46. The first-order valence-electron chi connectivity index (χ1n) is 13.7. The van der Waals surface area contributed by atoms with E-state index in [1.54, 1.807) is 0 Å². The molecule has 0 amide bonds. The van der Waals surface area contributed by atoms with E-state index in [1.807, 2.05) is 0 Å². The summed E-state index contributed by atoms with van der Waals surface area (Å²) in [6.07, 6.45) is 0. The molecule has 0 N–H and O–H groups in total. The third-order valence-corrected chi connectivity index (χ3v) is 12.2. The Labute approximate surface area is 265 Å². The summed E-state index contributed by atoms with van der Waals surface area (Å²) in [6, 6.07) is 63.7. The Balaban J connectivity index is 0.00000155. The zero-order chi connectivity index (χ0) is 28.7. The molecule has 7 rings (SSSR count). The zero-order valence-corrected chi connectivity index (χ0v) is 26.8. The maximum atomic E-state index is 4.49. The van der Waals surface area contributed by atoms with Crippen LogP contribution in [-0.4, -0.2) is 0 Å². The molecule has 7 aromatic carbocycles. The monoisotopic (exact) mass is 686 g/mol. The minimum absolute atomic E-state index is 0.740. The molecule has 0 atom stereocenters. The summed E-state index contributed by atoms with van der Waals surface area (Å²) in [6.45, 7) is 0.